The van der Waals surface area contributed by atoms with Crippen molar-refractivity contribution in [2.45, 2.75) is 0 Å². The minimum Gasteiger partial charge on any atom is -0.479 e. The number of halogens is 1. The van der Waals surface area contributed by atoms with Gasteiger partial charge in [-0.3, -0.25) is 14.9 Å². The molecule has 17 heavy (non-hydrogen) atoms. The summed E-state index contributed by atoms with van der Waals surface area (Å²) in [5, 5.41) is 10.9. The van der Waals surface area contributed by atoms with E-state index in [1.54, 1.807) is 0 Å². The largest absolute Gasteiger partial charge is 0.479 e. The number of ketones is 1. The van der Waals surface area contributed by atoms with Crippen molar-refractivity contribution >= 4 is 23.1 Å². The Morgan fingerprint density at radius 3 is 2.76 bits per heavy atom. The summed E-state index contributed by atoms with van der Waals surface area (Å²) in [5.74, 6) is -0.305. The normalized spacial score (nSPS) is 10.0. The van der Waals surface area contributed by atoms with Crippen LogP contribution in [0.25, 0.3) is 0 Å². The number of benzene rings is 1. The summed E-state index contributed by atoms with van der Waals surface area (Å²) in [7, 11) is 1.38. The van der Waals surface area contributed by atoms with Crippen LogP contribution >= 0.6 is 11.6 Å². The average molecular weight is 260 g/mol. The molecule has 0 radical (unpaired) electrons. The monoisotopic (exact) mass is 259 g/mol. The molecule has 0 N–H and O–H groups in total. The lowest BCUT2D eigenvalue weighted by molar-refractivity contribution is -0.385. The molecule has 1 aromatic carbocycles. The molecule has 0 bridgehead atoms. The summed E-state index contributed by atoms with van der Waals surface area (Å²) in [4.78, 5) is 21.2. The van der Waals surface area contributed by atoms with Gasteiger partial charge >= 0.3 is 5.69 Å². The van der Waals surface area contributed by atoms with E-state index in [1.807, 2.05) is 0 Å². The molecular weight excluding hydrogens is 250 g/mol. The van der Waals surface area contributed by atoms with Crippen molar-refractivity contribution in [3.8, 4) is 5.75 Å². The van der Waals surface area contributed by atoms with E-state index in [9.17, 15) is 14.9 Å². The number of nitro groups is 1. The van der Waals surface area contributed by atoms with Crippen LogP contribution in [-0.2, 0) is 9.53 Å². The molecular formula is C10H10ClNO5. The van der Waals surface area contributed by atoms with Crippen LogP contribution in [0.1, 0.15) is 0 Å². The molecule has 92 valence electrons. The van der Waals surface area contributed by atoms with E-state index in [1.165, 1.54) is 19.2 Å². The number of carbonyl (C=O) groups is 1. The van der Waals surface area contributed by atoms with Gasteiger partial charge in [-0.25, -0.2) is 0 Å². The van der Waals surface area contributed by atoms with Crippen molar-refractivity contribution in [1.82, 2.24) is 0 Å². The van der Waals surface area contributed by atoms with Gasteiger partial charge in [-0.05, 0) is 12.1 Å². The van der Waals surface area contributed by atoms with Gasteiger partial charge in [0.15, 0.2) is 11.5 Å². The molecule has 0 aliphatic heterocycles. The van der Waals surface area contributed by atoms with Crippen LogP contribution in [0.2, 0.25) is 5.02 Å². The highest BCUT2D eigenvalue weighted by Crippen LogP contribution is 2.29. The van der Waals surface area contributed by atoms with Crippen molar-refractivity contribution in [2.75, 3.05) is 20.3 Å². The van der Waals surface area contributed by atoms with Gasteiger partial charge in [0.2, 0.25) is 0 Å². The fraction of sp³-hybridized carbons (Fsp3) is 0.300. The summed E-state index contributed by atoms with van der Waals surface area (Å²) in [6.07, 6.45) is 0. The fourth-order valence-corrected chi connectivity index (χ4v) is 1.28. The lowest BCUT2D eigenvalue weighted by Crippen LogP contribution is -2.16. The lowest BCUT2D eigenvalue weighted by Gasteiger charge is -2.05. The Labute approximate surface area is 102 Å². The third-order valence-corrected chi connectivity index (χ3v) is 2.05. The molecule has 1 rings (SSSR count). The first-order chi connectivity index (χ1) is 8.04. The number of nitrogens with zero attached hydrogens (tertiary/aromatic N) is 1. The highest BCUT2D eigenvalue weighted by molar-refractivity contribution is 6.30. The Hall–Kier alpha value is -1.66. The van der Waals surface area contributed by atoms with Gasteiger partial charge in [0.1, 0.15) is 13.2 Å². The molecule has 6 nitrogen and oxygen atoms in total. The maximum Gasteiger partial charge on any atom is 0.312 e. The number of carbonyl (C=O) groups excluding carboxylic acids is 1. The van der Waals surface area contributed by atoms with Crippen LogP contribution < -0.4 is 4.74 Å². The van der Waals surface area contributed by atoms with Gasteiger partial charge in [0, 0.05) is 18.2 Å². The van der Waals surface area contributed by atoms with Crippen molar-refractivity contribution in [3.05, 3.63) is 33.3 Å². The minimum absolute atomic E-state index is 0.00357. The molecule has 7 heteroatoms. The van der Waals surface area contributed by atoms with Crippen LogP contribution in [0.3, 0.4) is 0 Å². The predicted octanol–water partition coefficient (Wildman–Crippen LogP) is 1.84. The highest BCUT2D eigenvalue weighted by Gasteiger charge is 2.16. The number of methoxy groups -OCH3 is 1. The standard InChI is InChI=1S/C10H10ClNO5/c1-16-5-8(13)6-17-10-3-2-7(11)4-9(10)12(14)15/h2-4H,5-6H2,1H3. The molecule has 0 saturated heterocycles. The van der Waals surface area contributed by atoms with E-state index in [0.29, 0.717) is 0 Å². The molecule has 0 unspecified atom stereocenters. The van der Waals surface area contributed by atoms with Crippen LogP contribution in [0.15, 0.2) is 18.2 Å². The zero-order chi connectivity index (χ0) is 12.8. The van der Waals surface area contributed by atoms with E-state index in [2.05, 4.69) is 4.74 Å². The van der Waals surface area contributed by atoms with E-state index in [0.717, 1.165) is 6.07 Å². The smallest absolute Gasteiger partial charge is 0.312 e. The van der Waals surface area contributed by atoms with Gasteiger partial charge in [0.25, 0.3) is 0 Å². The SMILES string of the molecule is COCC(=O)COc1ccc(Cl)cc1[N+](=O)[O-]. The summed E-state index contributed by atoms with van der Waals surface area (Å²) in [6.45, 7) is -0.377. The van der Waals surface area contributed by atoms with Crippen molar-refractivity contribution in [1.29, 1.82) is 0 Å². The first-order valence-electron chi connectivity index (χ1n) is 4.62. The molecule has 0 saturated carbocycles. The molecule has 0 amide bonds. The molecule has 0 spiro atoms. The Morgan fingerprint density at radius 2 is 2.18 bits per heavy atom. The Morgan fingerprint density at radius 1 is 1.47 bits per heavy atom. The van der Waals surface area contributed by atoms with E-state index < -0.39 is 4.92 Å². The number of Topliss-reactive ketones (excluding diaryl/α,β-unsaturated/α-hetero) is 1. The van der Waals surface area contributed by atoms with E-state index in [-0.39, 0.29) is 35.5 Å². The summed E-state index contributed by atoms with van der Waals surface area (Å²) >= 11 is 5.63. The van der Waals surface area contributed by atoms with Gasteiger partial charge in [-0.15, -0.1) is 0 Å². The third-order valence-electron chi connectivity index (χ3n) is 1.81. The molecule has 0 heterocycles. The fourth-order valence-electron chi connectivity index (χ4n) is 1.12. The number of hydrogen-bond donors (Lipinski definition) is 0. The summed E-state index contributed by atoms with van der Waals surface area (Å²) in [6, 6.07) is 3.96. The number of nitro benzene ring substituents is 1. The molecule has 0 aliphatic rings. The van der Waals surface area contributed by atoms with Crippen LogP contribution in [0, 0.1) is 10.1 Å². The minimum atomic E-state index is -0.623. The molecule has 0 fully saturated rings. The second-order valence-electron chi connectivity index (χ2n) is 3.13. The Kier molecular flexibility index (Phi) is 4.86. The first kappa shape index (κ1) is 13.4. The van der Waals surface area contributed by atoms with Gasteiger partial charge < -0.3 is 9.47 Å². The van der Waals surface area contributed by atoms with E-state index >= 15 is 0 Å². The predicted molar refractivity (Wildman–Crippen MR) is 60.5 cm³/mol. The summed E-state index contributed by atoms with van der Waals surface area (Å²) in [5.41, 5.74) is -0.275. The quantitative estimate of drug-likeness (QED) is 0.575. The zero-order valence-corrected chi connectivity index (χ0v) is 9.77. The summed E-state index contributed by atoms with van der Waals surface area (Å²) < 4.78 is 9.64. The van der Waals surface area contributed by atoms with Crippen LogP contribution in [-0.4, -0.2) is 31.0 Å². The maximum atomic E-state index is 11.1. The topological polar surface area (TPSA) is 78.7 Å². The highest BCUT2D eigenvalue weighted by atomic mass is 35.5. The molecule has 0 aliphatic carbocycles. The third kappa shape index (κ3) is 4.01. The Bertz CT molecular complexity index is 435. The first-order valence-corrected chi connectivity index (χ1v) is 4.99. The van der Waals surface area contributed by atoms with Crippen molar-refractivity contribution in [2.24, 2.45) is 0 Å². The van der Waals surface area contributed by atoms with Gasteiger partial charge in [-0.1, -0.05) is 11.6 Å². The second-order valence-corrected chi connectivity index (χ2v) is 3.57. The number of rotatable bonds is 6. The molecule has 0 aromatic heterocycles. The molecule has 1 aromatic rings. The zero-order valence-electron chi connectivity index (χ0n) is 9.01. The Balaban J connectivity index is 2.77. The number of ether oxygens (including phenoxy) is 2. The second kappa shape index (κ2) is 6.17. The van der Waals surface area contributed by atoms with Gasteiger partial charge in [-0.2, -0.15) is 0 Å². The average Bonchev–Trinajstić information content (AvgIpc) is 2.27. The number of hydrogen-bond acceptors (Lipinski definition) is 5. The lowest BCUT2D eigenvalue weighted by atomic mass is 10.3. The molecule has 0 atom stereocenters. The van der Waals surface area contributed by atoms with Gasteiger partial charge in [0.05, 0.1) is 4.92 Å². The van der Waals surface area contributed by atoms with Crippen LogP contribution in [0.5, 0.6) is 5.75 Å². The van der Waals surface area contributed by atoms with E-state index in [4.69, 9.17) is 16.3 Å². The van der Waals surface area contributed by atoms with Crippen molar-refractivity contribution < 1.29 is 19.2 Å². The van der Waals surface area contributed by atoms with Crippen LogP contribution in [0.4, 0.5) is 5.69 Å². The van der Waals surface area contributed by atoms with Crippen molar-refractivity contribution in [3.63, 3.8) is 0 Å². The maximum absolute atomic E-state index is 11.1.